The van der Waals surface area contributed by atoms with E-state index in [1.54, 1.807) is 0 Å². The van der Waals surface area contributed by atoms with Gasteiger partial charge in [0.05, 0.1) is 0 Å². The fraction of sp³-hybridized carbons (Fsp3) is 1.00. The van der Waals surface area contributed by atoms with Gasteiger partial charge < -0.3 is 0 Å². The van der Waals surface area contributed by atoms with Crippen molar-refractivity contribution in [2.75, 3.05) is 0 Å². The molecule has 1 heteroatoms. The molecule has 0 saturated carbocycles. The molecule has 0 unspecified atom stereocenters. The Labute approximate surface area is 53.4 Å². The van der Waals surface area contributed by atoms with Crippen molar-refractivity contribution in [2.45, 2.75) is 30.6 Å². The van der Waals surface area contributed by atoms with Crippen LogP contribution in [0.2, 0.25) is 4.44 Å². The molecule has 0 aliphatic carbocycles. The van der Waals surface area contributed by atoms with Gasteiger partial charge in [-0.15, -0.1) is 0 Å². The summed E-state index contributed by atoms with van der Waals surface area (Å²) in [4.78, 5) is 0. The predicted molar refractivity (Wildman–Crippen MR) is 32.9 cm³/mol. The molecule has 0 saturated heterocycles. The van der Waals surface area contributed by atoms with Crippen LogP contribution in [0.15, 0.2) is 0 Å². The van der Waals surface area contributed by atoms with E-state index in [1.165, 1.54) is 46.2 Å². The summed E-state index contributed by atoms with van der Waals surface area (Å²) in [6, 6.07) is 0. The first-order valence-electron chi connectivity index (χ1n) is 2.71. The third kappa shape index (κ3) is 4.80. The molecule has 0 spiro atoms. The molecule has 0 fully saturated rings. The summed E-state index contributed by atoms with van der Waals surface area (Å²) >= 11 is 1.22. The van der Waals surface area contributed by atoms with Crippen LogP contribution in [0, 0.1) is 0 Å². The van der Waals surface area contributed by atoms with Gasteiger partial charge in [-0.25, -0.2) is 0 Å². The first-order chi connectivity index (χ1) is 2.91. The molecule has 0 N–H and O–H groups in total. The molecule has 0 atom stereocenters. The van der Waals surface area contributed by atoms with Crippen molar-refractivity contribution in [3.8, 4) is 0 Å². The molecule has 0 bridgehead atoms. The number of rotatable bonds is 3. The van der Waals surface area contributed by atoms with E-state index in [2.05, 4.69) is 6.92 Å². The van der Waals surface area contributed by atoms with Crippen molar-refractivity contribution < 1.29 is 0 Å². The Hall–Kier alpha value is 0.799. The molecule has 0 aliphatic rings. The molecule has 37 valence electrons. The van der Waals surface area contributed by atoms with E-state index in [9.17, 15) is 0 Å². The summed E-state index contributed by atoms with van der Waals surface area (Å²) < 4.78 is 1.52. The van der Waals surface area contributed by atoms with Crippen molar-refractivity contribution in [1.82, 2.24) is 0 Å². The van der Waals surface area contributed by atoms with Crippen LogP contribution in [0.5, 0.6) is 0 Å². The Morgan fingerprint density at radius 2 is 2.00 bits per heavy atom. The standard InChI is InChI=1S/C5H11.Sn.2H/c1-3-5-4-2;;;/h1,3-5H2,2H3;;;. The zero-order valence-corrected chi connectivity index (χ0v) is 8.57. The maximum absolute atomic E-state index is 2.25. The minimum atomic E-state index is 1.22. The van der Waals surface area contributed by atoms with Gasteiger partial charge in [-0.1, -0.05) is 0 Å². The molecule has 6 heavy (non-hydrogen) atoms. The van der Waals surface area contributed by atoms with E-state index in [1.807, 2.05) is 0 Å². The Kier molecular flexibility index (Phi) is 6.57. The van der Waals surface area contributed by atoms with Crippen LogP contribution in [0.25, 0.3) is 0 Å². The van der Waals surface area contributed by atoms with Gasteiger partial charge >= 0.3 is 53.1 Å². The van der Waals surface area contributed by atoms with Crippen LogP contribution in [0.3, 0.4) is 0 Å². The summed E-state index contributed by atoms with van der Waals surface area (Å²) in [5, 5.41) is 0. The van der Waals surface area contributed by atoms with Crippen molar-refractivity contribution in [3.05, 3.63) is 0 Å². The van der Waals surface area contributed by atoms with Crippen LogP contribution >= 0.6 is 0 Å². The first-order valence-corrected chi connectivity index (χ1v) is 5.56. The summed E-state index contributed by atoms with van der Waals surface area (Å²) in [7, 11) is 0. The average molecular weight is 192 g/mol. The monoisotopic (exact) mass is 193 g/mol. The molecule has 0 aromatic carbocycles. The van der Waals surface area contributed by atoms with Crippen LogP contribution in [0.1, 0.15) is 26.2 Å². The third-order valence-electron chi connectivity index (χ3n) is 0.854. The van der Waals surface area contributed by atoms with Crippen molar-refractivity contribution in [2.24, 2.45) is 0 Å². The van der Waals surface area contributed by atoms with Crippen LogP contribution < -0.4 is 0 Å². The van der Waals surface area contributed by atoms with Crippen molar-refractivity contribution >= 4 is 22.5 Å². The molecule has 0 aliphatic heterocycles. The van der Waals surface area contributed by atoms with Gasteiger partial charge in [0.1, 0.15) is 0 Å². The number of hydrogen-bond donors (Lipinski definition) is 0. The first kappa shape index (κ1) is 6.80. The van der Waals surface area contributed by atoms with Gasteiger partial charge in [-0.3, -0.25) is 0 Å². The molecule has 0 heterocycles. The molecular formula is C5H13Sn. The maximum atomic E-state index is 2.25. The second kappa shape index (κ2) is 5.80. The fourth-order valence-corrected chi connectivity index (χ4v) is 1.44. The molecule has 0 aromatic heterocycles. The molecule has 0 rings (SSSR count). The molecular weight excluding hydrogens is 179 g/mol. The van der Waals surface area contributed by atoms with Gasteiger partial charge in [0.2, 0.25) is 0 Å². The third-order valence-corrected chi connectivity index (χ3v) is 2.28. The Balaban J connectivity index is 2.34. The summed E-state index contributed by atoms with van der Waals surface area (Å²) in [5.74, 6) is 0. The summed E-state index contributed by atoms with van der Waals surface area (Å²) in [6.45, 7) is 2.25. The Bertz CT molecular complexity index is 15.9. The van der Waals surface area contributed by atoms with E-state index in [0.29, 0.717) is 0 Å². The summed E-state index contributed by atoms with van der Waals surface area (Å²) in [6.07, 6.45) is 4.33. The summed E-state index contributed by atoms with van der Waals surface area (Å²) in [5.41, 5.74) is 0. The topological polar surface area (TPSA) is 0 Å². The quantitative estimate of drug-likeness (QED) is 0.465. The van der Waals surface area contributed by atoms with E-state index in [4.69, 9.17) is 0 Å². The minimum absolute atomic E-state index is 1.22. The van der Waals surface area contributed by atoms with Gasteiger partial charge in [0, 0.05) is 0 Å². The molecule has 1 radical (unpaired) electrons. The van der Waals surface area contributed by atoms with E-state index < -0.39 is 0 Å². The van der Waals surface area contributed by atoms with Gasteiger partial charge in [-0.05, 0) is 0 Å². The Morgan fingerprint density at radius 1 is 1.33 bits per heavy atom. The van der Waals surface area contributed by atoms with Crippen LogP contribution in [-0.4, -0.2) is 22.5 Å². The normalized spacial score (nSPS) is 9.00. The van der Waals surface area contributed by atoms with Crippen LogP contribution in [-0.2, 0) is 0 Å². The van der Waals surface area contributed by atoms with Gasteiger partial charge in [-0.2, -0.15) is 0 Å². The predicted octanol–water partition coefficient (Wildman–Crippen LogP) is 1.23. The van der Waals surface area contributed by atoms with E-state index >= 15 is 0 Å². The van der Waals surface area contributed by atoms with Crippen molar-refractivity contribution in [1.29, 1.82) is 0 Å². The van der Waals surface area contributed by atoms with Gasteiger partial charge in [0.25, 0.3) is 0 Å². The zero-order chi connectivity index (χ0) is 4.83. The SMILES string of the molecule is CCCC[CH2][SnH2]. The van der Waals surface area contributed by atoms with Crippen LogP contribution in [0.4, 0.5) is 0 Å². The molecule has 0 nitrogen and oxygen atoms in total. The zero-order valence-electron chi connectivity index (χ0n) is 4.54. The second-order valence-electron chi connectivity index (χ2n) is 1.56. The van der Waals surface area contributed by atoms with E-state index in [0.717, 1.165) is 0 Å². The second-order valence-corrected chi connectivity index (χ2v) is 3.58. The molecule has 0 aromatic rings. The molecule has 0 amide bonds. The number of unbranched alkanes of at least 4 members (excludes halogenated alkanes) is 2. The van der Waals surface area contributed by atoms with Gasteiger partial charge in [0.15, 0.2) is 0 Å². The Morgan fingerprint density at radius 3 is 2.17 bits per heavy atom. The number of hydrogen-bond acceptors (Lipinski definition) is 0. The van der Waals surface area contributed by atoms with Crippen molar-refractivity contribution in [3.63, 3.8) is 0 Å². The average Bonchev–Trinajstić information content (AvgIpc) is 1.61. The fourth-order valence-electron chi connectivity index (χ4n) is 0.427. The van der Waals surface area contributed by atoms with E-state index in [-0.39, 0.29) is 0 Å².